The summed E-state index contributed by atoms with van der Waals surface area (Å²) < 4.78 is 5.71. The van der Waals surface area contributed by atoms with Crippen molar-refractivity contribution >= 4 is 52.0 Å². The van der Waals surface area contributed by atoms with E-state index in [-0.39, 0.29) is 24.8 Å². The molecule has 2 aromatic heterocycles. The fourth-order valence-electron chi connectivity index (χ4n) is 2.87. The van der Waals surface area contributed by atoms with Gasteiger partial charge in [0.15, 0.2) is 0 Å². The average Bonchev–Trinajstić information content (AvgIpc) is 3.34. The van der Waals surface area contributed by atoms with Crippen molar-refractivity contribution in [2.75, 3.05) is 18.4 Å². The zero-order valence-electron chi connectivity index (χ0n) is 16.6. The maximum atomic E-state index is 12.9. The molecule has 0 aliphatic rings. The van der Waals surface area contributed by atoms with Crippen LogP contribution in [-0.2, 0) is 16.0 Å². The summed E-state index contributed by atoms with van der Waals surface area (Å²) in [5.74, 6) is 0.573. The van der Waals surface area contributed by atoms with E-state index in [1.165, 1.54) is 16.2 Å². The van der Waals surface area contributed by atoms with Crippen LogP contribution in [0.4, 0.5) is 5.69 Å². The smallest absolute Gasteiger partial charge is 0.244 e. The third-order valence-electron chi connectivity index (χ3n) is 4.33. The van der Waals surface area contributed by atoms with Crippen LogP contribution < -0.4 is 5.32 Å². The third-order valence-corrected chi connectivity index (χ3v) is 5.73. The fourth-order valence-corrected chi connectivity index (χ4v) is 3.97. The lowest BCUT2D eigenvalue weighted by molar-refractivity contribution is -0.134. The molecular formula is C21H21Cl2N3O3S. The van der Waals surface area contributed by atoms with Gasteiger partial charge in [0.25, 0.3) is 0 Å². The van der Waals surface area contributed by atoms with Crippen LogP contribution in [0.1, 0.15) is 24.8 Å². The number of hydrogen-bond acceptors (Lipinski definition) is 5. The summed E-state index contributed by atoms with van der Waals surface area (Å²) in [6, 6.07) is 8.64. The Balaban J connectivity index is 1.66. The van der Waals surface area contributed by atoms with Gasteiger partial charge in [-0.05, 0) is 43.0 Å². The number of aryl methyl sites for hydroxylation is 1. The number of amides is 2. The second-order valence-corrected chi connectivity index (χ2v) is 8.45. The van der Waals surface area contributed by atoms with E-state index in [2.05, 4.69) is 10.3 Å². The third kappa shape index (κ3) is 5.62. The van der Waals surface area contributed by atoms with Gasteiger partial charge >= 0.3 is 0 Å². The van der Waals surface area contributed by atoms with Crippen molar-refractivity contribution in [3.8, 4) is 10.8 Å². The molecule has 158 valence electrons. The number of hydrogen-bond donors (Lipinski definition) is 1. The number of halogens is 2. The lowest BCUT2D eigenvalue weighted by Gasteiger charge is -2.21. The molecule has 0 atom stereocenters. The fraction of sp³-hybridized carbons (Fsp3) is 0.286. The Morgan fingerprint density at radius 1 is 1.27 bits per heavy atom. The highest BCUT2D eigenvalue weighted by Gasteiger charge is 2.21. The van der Waals surface area contributed by atoms with E-state index in [0.29, 0.717) is 39.6 Å². The number of benzene rings is 1. The second-order valence-electron chi connectivity index (χ2n) is 6.66. The summed E-state index contributed by atoms with van der Waals surface area (Å²) in [4.78, 5) is 32.2. The van der Waals surface area contributed by atoms with Crippen molar-refractivity contribution in [2.24, 2.45) is 0 Å². The van der Waals surface area contributed by atoms with Crippen molar-refractivity contribution in [1.82, 2.24) is 9.88 Å². The molecule has 3 aromatic rings. The monoisotopic (exact) mass is 465 g/mol. The van der Waals surface area contributed by atoms with E-state index in [4.69, 9.17) is 27.6 Å². The molecule has 6 nitrogen and oxygen atoms in total. The lowest BCUT2D eigenvalue weighted by atomic mass is 10.2. The van der Waals surface area contributed by atoms with E-state index < -0.39 is 0 Å². The van der Waals surface area contributed by atoms with Crippen LogP contribution in [0.5, 0.6) is 0 Å². The van der Waals surface area contributed by atoms with E-state index >= 15 is 0 Å². The molecule has 30 heavy (non-hydrogen) atoms. The van der Waals surface area contributed by atoms with Crippen LogP contribution in [0.15, 0.2) is 40.1 Å². The summed E-state index contributed by atoms with van der Waals surface area (Å²) in [5, 5.41) is 5.48. The second kappa shape index (κ2) is 10.1. The summed E-state index contributed by atoms with van der Waals surface area (Å²) in [6.07, 6.45) is 0.786. The Kier molecular flexibility index (Phi) is 7.53. The molecule has 9 heteroatoms. The van der Waals surface area contributed by atoms with Crippen molar-refractivity contribution < 1.29 is 14.0 Å². The molecule has 0 saturated carbocycles. The molecule has 1 N–H and O–H groups in total. The molecule has 2 amide bonds. The number of anilines is 1. The van der Waals surface area contributed by atoms with Gasteiger partial charge in [-0.2, -0.15) is 0 Å². The van der Waals surface area contributed by atoms with Crippen molar-refractivity contribution in [2.45, 2.75) is 26.7 Å². The zero-order chi connectivity index (χ0) is 21.7. The summed E-state index contributed by atoms with van der Waals surface area (Å²) in [5.41, 5.74) is 1.02. The van der Waals surface area contributed by atoms with Gasteiger partial charge in [-0.15, -0.1) is 11.3 Å². The Morgan fingerprint density at radius 2 is 2.07 bits per heavy atom. The summed E-state index contributed by atoms with van der Waals surface area (Å²) in [6.45, 7) is 4.10. The van der Waals surface area contributed by atoms with Gasteiger partial charge in [0.1, 0.15) is 5.76 Å². The number of carbonyl (C=O) groups excluding carboxylic acids is 2. The minimum atomic E-state index is -0.336. The Hall–Kier alpha value is -2.35. The SMILES string of the molecule is CCCN(CC(=O)Nc1ccc(Cl)cc1Cl)C(=O)Cc1nc(-c2cccs2)oc1C. The first-order valence-electron chi connectivity index (χ1n) is 9.40. The van der Waals surface area contributed by atoms with Crippen LogP contribution in [0.2, 0.25) is 10.0 Å². The van der Waals surface area contributed by atoms with Gasteiger partial charge in [0.2, 0.25) is 17.7 Å². The van der Waals surface area contributed by atoms with Gasteiger partial charge < -0.3 is 14.6 Å². The molecule has 3 rings (SSSR count). The molecule has 0 radical (unpaired) electrons. The van der Waals surface area contributed by atoms with Gasteiger partial charge in [-0.1, -0.05) is 36.2 Å². The predicted octanol–water partition coefficient (Wildman–Crippen LogP) is 5.44. The molecular weight excluding hydrogens is 445 g/mol. The molecule has 0 bridgehead atoms. The number of rotatable bonds is 8. The number of carbonyl (C=O) groups is 2. The van der Waals surface area contributed by atoms with Gasteiger partial charge in [-0.25, -0.2) is 4.98 Å². The standard InChI is InChI=1S/C21H21Cl2N3O3S/c1-3-8-26(12-19(27)24-16-7-6-14(22)10-15(16)23)20(28)11-17-13(2)29-21(25-17)18-5-4-9-30-18/h4-7,9-10H,3,8,11-12H2,1-2H3,(H,24,27). The normalized spacial score (nSPS) is 10.8. The van der Waals surface area contributed by atoms with E-state index in [9.17, 15) is 9.59 Å². The molecule has 1 aromatic carbocycles. The molecule has 0 unspecified atom stereocenters. The first kappa shape index (κ1) is 22.3. The van der Waals surface area contributed by atoms with Crippen molar-refractivity contribution in [3.63, 3.8) is 0 Å². The predicted molar refractivity (Wildman–Crippen MR) is 120 cm³/mol. The Bertz CT molecular complexity index is 1030. The summed E-state index contributed by atoms with van der Waals surface area (Å²) >= 11 is 13.5. The molecule has 0 saturated heterocycles. The summed E-state index contributed by atoms with van der Waals surface area (Å²) in [7, 11) is 0. The maximum absolute atomic E-state index is 12.9. The van der Waals surface area contributed by atoms with E-state index in [0.717, 1.165) is 11.3 Å². The number of oxazole rings is 1. The van der Waals surface area contributed by atoms with Gasteiger partial charge in [-0.3, -0.25) is 9.59 Å². The van der Waals surface area contributed by atoms with Crippen molar-refractivity contribution in [3.05, 3.63) is 57.2 Å². The molecule has 2 heterocycles. The van der Waals surface area contributed by atoms with Crippen molar-refractivity contribution in [1.29, 1.82) is 0 Å². The lowest BCUT2D eigenvalue weighted by Crippen LogP contribution is -2.39. The Labute approximate surface area is 188 Å². The highest BCUT2D eigenvalue weighted by Crippen LogP contribution is 2.27. The van der Waals surface area contributed by atoms with Crippen LogP contribution in [0.3, 0.4) is 0 Å². The van der Waals surface area contributed by atoms with E-state index in [1.807, 2.05) is 24.4 Å². The number of nitrogens with zero attached hydrogens (tertiary/aromatic N) is 2. The van der Waals surface area contributed by atoms with Crippen LogP contribution >= 0.6 is 34.5 Å². The van der Waals surface area contributed by atoms with E-state index in [1.54, 1.807) is 25.1 Å². The number of thiophene rings is 1. The van der Waals surface area contributed by atoms with Crippen LogP contribution in [-0.4, -0.2) is 34.8 Å². The Morgan fingerprint density at radius 3 is 2.73 bits per heavy atom. The van der Waals surface area contributed by atoms with Crippen LogP contribution in [0.25, 0.3) is 10.8 Å². The molecule has 0 fully saturated rings. The number of nitrogens with one attached hydrogen (secondary N) is 1. The molecule has 0 aliphatic carbocycles. The largest absolute Gasteiger partial charge is 0.440 e. The topological polar surface area (TPSA) is 75.4 Å². The minimum Gasteiger partial charge on any atom is -0.440 e. The quantitative estimate of drug-likeness (QED) is 0.480. The first-order valence-corrected chi connectivity index (χ1v) is 11.0. The minimum absolute atomic E-state index is 0.0652. The average molecular weight is 466 g/mol. The van der Waals surface area contributed by atoms with Crippen LogP contribution in [0, 0.1) is 6.92 Å². The molecule has 0 spiro atoms. The molecule has 0 aliphatic heterocycles. The maximum Gasteiger partial charge on any atom is 0.244 e. The zero-order valence-corrected chi connectivity index (χ0v) is 18.9. The number of aromatic nitrogens is 1. The highest BCUT2D eigenvalue weighted by atomic mass is 35.5. The highest BCUT2D eigenvalue weighted by molar-refractivity contribution is 7.13. The first-order chi connectivity index (χ1) is 14.4. The van der Waals surface area contributed by atoms with Gasteiger partial charge in [0.05, 0.1) is 34.2 Å². The van der Waals surface area contributed by atoms with Gasteiger partial charge in [0, 0.05) is 11.6 Å².